The van der Waals surface area contributed by atoms with Crippen LogP contribution in [-0.2, 0) is 11.3 Å². The zero-order valence-electron chi connectivity index (χ0n) is 9.85. The third-order valence-corrected chi connectivity index (χ3v) is 3.26. The number of aliphatic carboxylic acids is 1. The number of hydrogen-bond donors (Lipinski definition) is 1. The lowest BCUT2D eigenvalue weighted by molar-refractivity contribution is -0.137. The summed E-state index contributed by atoms with van der Waals surface area (Å²) in [6.45, 7) is 6.06. The van der Waals surface area contributed by atoms with Gasteiger partial charge in [-0.05, 0) is 49.2 Å². The van der Waals surface area contributed by atoms with Crippen LogP contribution in [0.3, 0.4) is 0 Å². The summed E-state index contributed by atoms with van der Waals surface area (Å²) in [5.74, 6) is -0.709. The van der Waals surface area contributed by atoms with Gasteiger partial charge in [0.2, 0.25) is 0 Å². The molecule has 1 aromatic rings. The summed E-state index contributed by atoms with van der Waals surface area (Å²) >= 11 is 1.70. The van der Waals surface area contributed by atoms with Crippen molar-refractivity contribution >= 4 is 17.3 Å². The van der Waals surface area contributed by atoms with Gasteiger partial charge in [0.15, 0.2) is 0 Å². The molecule has 0 aliphatic carbocycles. The van der Waals surface area contributed by atoms with Crippen LogP contribution in [0.5, 0.6) is 0 Å². The summed E-state index contributed by atoms with van der Waals surface area (Å²) in [7, 11) is 0. The van der Waals surface area contributed by atoms with Crippen molar-refractivity contribution in [2.45, 2.75) is 39.3 Å². The monoisotopic (exact) mass is 241 g/mol. The first kappa shape index (κ1) is 13.2. The maximum atomic E-state index is 10.5. The highest BCUT2D eigenvalue weighted by molar-refractivity contribution is 7.07. The van der Waals surface area contributed by atoms with E-state index in [0.29, 0.717) is 6.04 Å². The van der Waals surface area contributed by atoms with E-state index in [0.717, 1.165) is 19.5 Å². The highest BCUT2D eigenvalue weighted by Crippen LogP contribution is 2.12. The molecule has 0 spiro atoms. The standard InChI is InChI=1S/C12H19NO2S/c1-10(2)13(6-3-4-12(14)15)8-11-5-7-16-9-11/h5,7,9-10H,3-4,6,8H2,1-2H3,(H,14,15). The van der Waals surface area contributed by atoms with E-state index in [9.17, 15) is 4.79 Å². The van der Waals surface area contributed by atoms with Gasteiger partial charge in [-0.3, -0.25) is 9.69 Å². The molecule has 0 aliphatic rings. The number of carboxylic acids is 1. The molecule has 0 aliphatic heterocycles. The van der Waals surface area contributed by atoms with Gasteiger partial charge < -0.3 is 5.11 Å². The number of thiophene rings is 1. The van der Waals surface area contributed by atoms with E-state index in [2.05, 4.69) is 35.6 Å². The van der Waals surface area contributed by atoms with Gasteiger partial charge >= 0.3 is 5.97 Å². The molecule has 3 nitrogen and oxygen atoms in total. The molecule has 90 valence electrons. The molecule has 0 unspecified atom stereocenters. The molecule has 1 rings (SSSR count). The molecule has 0 amide bonds. The third-order valence-electron chi connectivity index (χ3n) is 2.53. The van der Waals surface area contributed by atoms with Crippen LogP contribution in [0.4, 0.5) is 0 Å². The van der Waals surface area contributed by atoms with Crippen molar-refractivity contribution in [1.82, 2.24) is 4.90 Å². The highest BCUT2D eigenvalue weighted by atomic mass is 32.1. The first-order chi connectivity index (χ1) is 7.59. The Morgan fingerprint density at radius 3 is 2.81 bits per heavy atom. The number of nitrogens with zero attached hydrogens (tertiary/aromatic N) is 1. The lowest BCUT2D eigenvalue weighted by atomic mass is 10.2. The van der Waals surface area contributed by atoms with Crippen molar-refractivity contribution in [2.75, 3.05) is 6.54 Å². The van der Waals surface area contributed by atoms with E-state index in [1.165, 1.54) is 5.56 Å². The summed E-state index contributed by atoms with van der Waals surface area (Å²) < 4.78 is 0. The largest absolute Gasteiger partial charge is 0.481 e. The Labute approximate surface area is 101 Å². The molecule has 0 saturated carbocycles. The first-order valence-corrected chi connectivity index (χ1v) is 6.51. The van der Waals surface area contributed by atoms with E-state index in [1.807, 2.05) is 0 Å². The minimum Gasteiger partial charge on any atom is -0.481 e. The maximum Gasteiger partial charge on any atom is 0.303 e. The van der Waals surface area contributed by atoms with Crippen molar-refractivity contribution in [3.8, 4) is 0 Å². The zero-order valence-corrected chi connectivity index (χ0v) is 10.7. The molecule has 16 heavy (non-hydrogen) atoms. The average Bonchev–Trinajstić information content (AvgIpc) is 2.68. The van der Waals surface area contributed by atoms with Crippen LogP contribution in [0.15, 0.2) is 16.8 Å². The molecule has 0 radical (unpaired) electrons. The number of rotatable bonds is 7. The third kappa shape index (κ3) is 4.77. The predicted octanol–water partition coefficient (Wildman–Crippen LogP) is 2.82. The minimum absolute atomic E-state index is 0.257. The Morgan fingerprint density at radius 2 is 2.31 bits per heavy atom. The Kier molecular flexibility index (Phi) is 5.49. The van der Waals surface area contributed by atoms with Gasteiger partial charge in [-0.25, -0.2) is 0 Å². The summed E-state index contributed by atoms with van der Waals surface area (Å²) in [6, 6.07) is 2.57. The average molecular weight is 241 g/mol. The van der Waals surface area contributed by atoms with Crippen LogP contribution in [0.2, 0.25) is 0 Å². The molecule has 0 bridgehead atoms. The van der Waals surface area contributed by atoms with Gasteiger partial charge in [-0.1, -0.05) is 0 Å². The normalized spacial score (nSPS) is 11.2. The fraction of sp³-hybridized carbons (Fsp3) is 0.583. The number of carbonyl (C=O) groups is 1. The van der Waals surface area contributed by atoms with Crippen LogP contribution in [0.25, 0.3) is 0 Å². The van der Waals surface area contributed by atoms with E-state index < -0.39 is 5.97 Å². The topological polar surface area (TPSA) is 40.5 Å². The Balaban J connectivity index is 2.39. The van der Waals surface area contributed by atoms with Gasteiger partial charge in [0.1, 0.15) is 0 Å². The highest BCUT2D eigenvalue weighted by Gasteiger charge is 2.10. The van der Waals surface area contributed by atoms with Gasteiger partial charge in [0.05, 0.1) is 0 Å². The lowest BCUT2D eigenvalue weighted by Crippen LogP contribution is -2.31. The fourth-order valence-corrected chi connectivity index (χ4v) is 2.23. The second kappa shape index (κ2) is 6.66. The molecule has 0 atom stereocenters. The van der Waals surface area contributed by atoms with Crippen molar-refractivity contribution < 1.29 is 9.90 Å². The fourth-order valence-electron chi connectivity index (χ4n) is 1.57. The van der Waals surface area contributed by atoms with E-state index >= 15 is 0 Å². The Morgan fingerprint density at radius 1 is 1.56 bits per heavy atom. The Hall–Kier alpha value is -0.870. The van der Waals surface area contributed by atoms with Crippen LogP contribution in [0.1, 0.15) is 32.3 Å². The first-order valence-electron chi connectivity index (χ1n) is 5.56. The second-order valence-corrected chi connectivity index (χ2v) is 4.97. The van der Waals surface area contributed by atoms with Gasteiger partial charge in [-0.2, -0.15) is 11.3 Å². The molecule has 0 aromatic carbocycles. The van der Waals surface area contributed by atoms with E-state index in [-0.39, 0.29) is 6.42 Å². The molecule has 0 saturated heterocycles. The van der Waals surface area contributed by atoms with Gasteiger partial charge in [0, 0.05) is 19.0 Å². The van der Waals surface area contributed by atoms with Crippen molar-refractivity contribution in [3.63, 3.8) is 0 Å². The molecule has 1 N–H and O–H groups in total. The number of hydrogen-bond acceptors (Lipinski definition) is 3. The van der Waals surface area contributed by atoms with Gasteiger partial charge in [-0.15, -0.1) is 0 Å². The van der Waals surface area contributed by atoms with E-state index in [4.69, 9.17) is 5.11 Å². The quantitative estimate of drug-likeness (QED) is 0.798. The lowest BCUT2D eigenvalue weighted by Gasteiger charge is -2.25. The summed E-state index contributed by atoms with van der Waals surface area (Å²) in [5, 5.41) is 12.8. The van der Waals surface area contributed by atoms with Crippen LogP contribution >= 0.6 is 11.3 Å². The zero-order chi connectivity index (χ0) is 12.0. The Bertz CT molecular complexity index is 309. The molecular formula is C12H19NO2S. The van der Waals surface area contributed by atoms with Crippen molar-refractivity contribution in [3.05, 3.63) is 22.4 Å². The van der Waals surface area contributed by atoms with Crippen LogP contribution in [0, 0.1) is 0 Å². The minimum atomic E-state index is -0.709. The van der Waals surface area contributed by atoms with Crippen molar-refractivity contribution in [2.24, 2.45) is 0 Å². The smallest absolute Gasteiger partial charge is 0.303 e. The predicted molar refractivity (Wildman–Crippen MR) is 66.7 cm³/mol. The maximum absolute atomic E-state index is 10.5. The molecule has 1 heterocycles. The summed E-state index contributed by atoms with van der Waals surface area (Å²) in [6.07, 6.45) is 0.977. The van der Waals surface area contributed by atoms with E-state index in [1.54, 1.807) is 11.3 Å². The van der Waals surface area contributed by atoms with Gasteiger partial charge in [0.25, 0.3) is 0 Å². The number of carboxylic acid groups (broad SMARTS) is 1. The molecule has 4 heteroatoms. The summed E-state index contributed by atoms with van der Waals surface area (Å²) in [4.78, 5) is 12.8. The molecular weight excluding hydrogens is 222 g/mol. The SMILES string of the molecule is CC(C)N(CCCC(=O)O)Cc1ccsc1. The second-order valence-electron chi connectivity index (χ2n) is 4.19. The van der Waals surface area contributed by atoms with Crippen LogP contribution < -0.4 is 0 Å². The molecule has 0 fully saturated rings. The van der Waals surface area contributed by atoms with Crippen molar-refractivity contribution in [1.29, 1.82) is 0 Å². The molecule has 1 aromatic heterocycles. The summed E-state index contributed by atoms with van der Waals surface area (Å²) in [5.41, 5.74) is 1.31. The van der Waals surface area contributed by atoms with Crippen LogP contribution in [-0.4, -0.2) is 28.6 Å².